The van der Waals surface area contributed by atoms with Crippen LogP contribution in [0.25, 0.3) is 11.0 Å². The lowest BCUT2D eigenvalue weighted by molar-refractivity contribution is -0.00908. The summed E-state index contributed by atoms with van der Waals surface area (Å²) in [6, 6.07) is 3.80. The van der Waals surface area contributed by atoms with Gasteiger partial charge in [-0.3, -0.25) is 4.79 Å². The van der Waals surface area contributed by atoms with Gasteiger partial charge in [0.2, 0.25) is 0 Å². The molecule has 134 valence electrons. The monoisotopic (exact) mass is 341 g/mol. The Hall–Kier alpha value is -1.88. The summed E-state index contributed by atoms with van der Waals surface area (Å²) in [6.07, 6.45) is 9.24. The number of piperidine rings is 1. The molecule has 2 aliphatic heterocycles. The number of hydrogen-bond acceptors (Lipinski definition) is 4. The maximum Gasteiger partial charge on any atom is 0.170 e. The standard InChI is InChI=1S/C20H27N3O2/c1-2-3-4-5-8-23-9-6-20(7-10-23)13-18(24)15-11-16-17(22-14-21-16)12-19(15)25-20/h11-12,14H,2-10,13H2,1H3,(H,21,22). The summed E-state index contributed by atoms with van der Waals surface area (Å²) in [5.74, 6) is 0.918. The van der Waals surface area contributed by atoms with Gasteiger partial charge < -0.3 is 14.6 Å². The van der Waals surface area contributed by atoms with Gasteiger partial charge >= 0.3 is 0 Å². The van der Waals surface area contributed by atoms with Crippen molar-refractivity contribution in [3.8, 4) is 5.75 Å². The van der Waals surface area contributed by atoms with Gasteiger partial charge in [-0.2, -0.15) is 0 Å². The highest BCUT2D eigenvalue weighted by molar-refractivity contribution is 6.03. The molecule has 1 spiro atoms. The first kappa shape index (κ1) is 16.6. The van der Waals surface area contributed by atoms with E-state index in [0.717, 1.165) is 37.0 Å². The first-order chi connectivity index (χ1) is 12.2. The average molecular weight is 341 g/mol. The fourth-order valence-corrected chi connectivity index (χ4v) is 4.15. The highest BCUT2D eigenvalue weighted by Crippen LogP contribution is 2.40. The Morgan fingerprint density at radius 1 is 1.24 bits per heavy atom. The van der Waals surface area contributed by atoms with E-state index in [0.29, 0.717) is 17.7 Å². The number of benzene rings is 1. The first-order valence-electron chi connectivity index (χ1n) is 9.61. The fourth-order valence-electron chi connectivity index (χ4n) is 4.15. The molecule has 0 bridgehead atoms. The maximum atomic E-state index is 12.7. The van der Waals surface area contributed by atoms with Crippen molar-refractivity contribution in [3.63, 3.8) is 0 Å². The van der Waals surface area contributed by atoms with Crippen molar-refractivity contribution in [2.24, 2.45) is 0 Å². The SMILES string of the molecule is CCCCCCN1CCC2(CC1)CC(=O)c1cc3[nH]cnc3cc1O2. The Bertz CT molecular complexity index is 759. The second-order valence-electron chi connectivity index (χ2n) is 7.56. The topological polar surface area (TPSA) is 58.2 Å². The molecule has 4 rings (SSSR count). The number of likely N-dealkylation sites (tertiary alicyclic amines) is 1. The van der Waals surface area contributed by atoms with Gasteiger partial charge in [0.25, 0.3) is 0 Å². The molecule has 0 atom stereocenters. The van der Waals surface area contributed by atoms with E-state index >= 15 is 0 Å². The summed E-state index contributed by atoms with van der Waals surface area (Å²) in [5, 5.41) is 0. The molecule has 1 aromatic carbocycles. The molecule has 0 saturated carbocycles. The molecule has 5 heteroatoms. The summed E-state index contributed by atoms with van der Waals surface area (Å²) in [4.78, 5) is 22.6. The van der Waals surface area contributed by atoms with Crippen LogP contribution in [0, 0.1) is 0 Å². The maximum absolute atomic E-state index is 12.7. The van der Waals surface area contributed by atoms with Gasteiger partial charge in [0.15, 0.2) is 5.78 Å². The molecule has 2 aromatic rings. The number of unbranched alkanes of at least 4 members (excludes halogenated alkanes) is 3. The summed E-state index contributed by atoms with van der Waals surface area (Å²) in [5.41, 5.74) is 2.14. The van der Waals surface area contributed by atoms with Crippen molar-refractivity contribution in [1.29, 1.82) is 0 Å². The first-order valence-corrected chi connectivity index (χ1v) is 9.61. The molecule has 1 aromatic heterocycles. The van der Waals surface area contributed by atoms with Crippen LogP contribution in [0.3, 0.4) is 0 Å². The molecule has 5 nitrogen and oxygen atoms in total. The van der Waals surface area contributed by atoms with Crippen LogP contribution < -0.4 is 4.74 Å². The van der Waals surface area contributed by atoms with Crippen LogP contribution in [-0.2, 0) is 0 Å². The largest absolute Gasteiger partial charge is 0.486 e. The fraction of sp³-hybridized carbons (Fsp3) is 0.600. The number of ketones is 1. The average Bonchev–Trinajstić information content (AvgIpc) is 3.06. The molecule has 1 N–H and O–H groups in total. The van der Waals surface area contributed by atoms with Gasteiger partial charge in [0.05, 0.1) is 29.3 Å². The van der Waals surface area contributed by atoms with Gasteiger partial charge in [0.1, 0.15) is 11.4 Å². The molecule has 2 aliphatic rings. The number of Topliss-reactive ketones (excluding diaryl/α,β-unsaturated/α-hetero) is 1. The minimum atomic E-state index is -0.312. The van der Waals surface area contributed by atoms with Crippen molar-refractivity contribution in [2.45, 2.75) is 57.5 Å². The molecular weight excluding hydrogens is 314 g/mol. The van der Waals surface area contributed by atoms with E-state index in [1.54, 1.807) is 6.33 Å². The number of nitrogens with one attached hydrogen (secondary N) is 1. The third-order valence-corrected chi connectivity index (χ3v) is 5.73. The van der Waals surface area contributed by atoms with E-state index in [9.17, 15) is 4.79 Å². The Kier molecular flexibility index (Phi) is 4.50. The van der Waals surface area contributed by atoms with Crippen LogP contribution in [0.1, 0.15) is 62.2 Å². The third kappa shape index (κ3) is 3.30. The Balaban J connectivity index is 1.43. The Labute approximate surface area is 148 Å². The van der Waals surface area contributed by atoms with Crippen LogP contribution in [0.5, 0.6) is 5.75 Å². The number of H-pyrrole nitrogens is 1. The lowest BCUT2D eigenvalue weighted by Gasteiger charge is -2.44. The number of hydrogen-bond donors (Lipinski definition) is 1. The molecule has 3 heterocycles. The number of ether oxygens (including phenoxy) is 1. The third-order valence-electron chi connectivity index (χ3n) is 5.73. The highest BCUT2D eigenvalue weighted by Gasteiger charge is 2.43. The second-order valence-corrected chi connectivity index (χ2v) is 7.56. The summed E-state index contributed by atoms with van der Waals surface area (Å²) in [7, 11) is 0. The van der Waals surface area contributed by atoms with Gasteiger partial charge in [-0.1, -0.05) is 26.2 Å². The predicted molar refractivity (Wildman–Crippen MR) is 98.2 cm³/mol. The lowest BCUT2D eigenvalue weighted by atomic mass is 9.82. The molecule has 1 saturated heterocycles. The van der Waals surface area contributed by atoms with Crippen molar-refractivity contribution in [1.82, 2.24) is 14.9 Å². The van der Waals surface area contributed by atoms with Crippen LogP contribution in [-0.4, -0.2) is 45.9 Å². The zero-order chi connectivity index (χ0) is 17.3. The van der Waals surface area contributed by atoms with Gasteiger partial charge in [-0.05, 0) is 19.0 Å². The van der Waals surface area contributed by atoms with E-state index in [1.807, 2.05) is 12.1 Å². The van der Waals surface area contributed by atoms with E-state index in [1.165, 1.54) is 32.2 Å². The van der Waals surface area contributed by atoms with Crippen LogP contribution in [0.4, 0.5) is 0 Å². The summed E-state index contributed by atoms with van der Waals surface area (Å²) in [6.45, 7) is 5.48. The summed E-state index contributed by atoms with van der Waals surface area (Å²) < 4.78 is 6.40. The van der Waals surface area contributed by atoms with Gasteiger partial charge in [-0.25, -0.2) is 4.98 Å². The number of carbonyl (C=O) groups is 1. The molecule has 0 radical (unpaired) electrons. The quantitative estimate of drug-likeness (QED) is 0.837. The molecule has 0 amide bonds. The number of rotatable bonds is 5. The minimum Gasteiger partial charge on any atom is -0.486 e. The molecule has 0 unspecified atom stereocenters. The number of aromatic amines is 1. The summed E-state index contributed by atoms with van der Waals surface area (Å²) >= 11 is 0. The Morgan fingerprint density at radius 2 is 2.08 bits per heavy atom. The van der Waals surface area contributed by atoms with Crippen molar-refractivity contribution >= 4 is 16.8 Å². The van der Waals surface area contributed by atoms with E-state index < -0.39 is 0 Å². The van der Waals surface area contributed by atoms with E-state index in [4.69, 9.17) is 4.74 Å². The Morgan fingerprint density at radius 3 is 2.88 bits per heavy atom. The number of fused-ring (bicyclic) bond motifs is 2. The number of imidazole rings is 1. The predicted octanol–water partition coefficient (Wildman–Crippen LogP) is 3.94. The van der Waals surface area contributed by atoms with Gasteiger partial charge in [0, 0.05) is 32.0 Å². The van der Waals surface area contributed by atoms with Crippen LogP contribution >= 0.6 is 0 Å². The zero-order valence-corrected chi connectivity index (χ0v) is 15.0. The molecule has 1 fully saturated rings. The van der Waals surface area contributed by atoms with E-state index in [2.05, 4.69) is 21.8 Å². The smallest absolute Gasteiger partial charge is 0.170 e. The highest BCUT2D eigenvalue weighted by atomic mass is 16.5. The van der Waals surface area contributed by atoms with Crippen molar-refractivity contribution in [3.05, 3.63) is 24.0 Å². The normalized spacial score (nSPS) is 20.0. The van der Waals surface area contributed by atoms with Crippen molar-refractivity contribution in [2.75, 3.05) is 19.6 Å². The second kappa shape index (κ2) is 6.79. The molecule has 25 heavy (non-hydrogen) atoms. The number of nitrogens with zero attached hydrogens (tertiary/aromatic N) is 2. The molecule has 0 aliphatic carbocycles. The van der Waals surface area contributed by atoms with Gasteiger partial charge in [-0.15, -0.1) is 0 Å². The number of aromatic nitrogens is 2. The van der Waals surface area contributed by atoms with Crippen LogP contribution in [0.15, 0.2) is 18.5 Å². The minimum absolute atomic E-state index is 0.203. The lowest BCUT2D eigenvalue weighted by Crippen LogP contribution is -2.51. The van der Waals surface area contributed by atoms with Crippen LogP contribution in [0.2, 0.25) is 0 Å². The zero-order valence-electron chi connectivity index (χ0n) is 15.0. The van der Waals surface area contributed by atoms with E-state index in [-0.39, 0.29) is 11.4 Å². The number of carbonyl (C=O) groups excluding carboxylic acids is 1. The van der Waals surface area contributed by atoms with Crippen molar-refractivity contribution < 1.29 is 9.53 Å². The molecular formula is C20H27N3O2.